The van der Waals surface area contributed by atoms with Gasteiger partial charge in [-0.2, -0.15) is 0 Å². The standard InChI is InChI=1S/C20H21NO4/c1-25-17-6-7-18-16(11-17)8-9-20(18,24)13-21-19(23)10-14-2-4-15(12-22)5-3-14/h2-7,11-12,24H,8-10,13H2,1H3,(H,21,23). The number of aldehydes is 1. The Kier molecular flexibility index (Phi) is 4.86. The molecule has 1 aliphatic carbocycles. The fraction of sp³-hybridized carbons (Fsp3) is 0.300. The van der Waals surface area contributed by atoms with Crippen molar-refractivity contribution in [2.24, 2.45) is 0 Å². The Balaban J connectivity index is 1.61. The second-order valence-electron chi connectivity index (χ2n) is 6.37. The van der Waals surface area contributed by atoms with E-state index in [-0.39, 0.29) is 18.9 Å². The number of nitrogens with one attached hydrogen (secondary N) is 1. The molecule has 1 aliphatic rings. The summed E-state index contributed by atoms with van der Waals surface area (Å²) < 4.78 is 5.22. The van der Waals surface area contributed by atoms with E-state index in [1.807, 2.05) is 18.2 Å². The summed E-state index contributed by atoms with van der Waals surface area (Å²) in [7, 11) is 1.62. The van der Waals surface area contributed by atoms with Gasteiger partial charge in [-0.05, 0) is 41.7 Å². The summed E-state index contributed by atoms with van der Waals surface area (Å²) in [5, 5.41) is 13.7. The first-order valence-electron chi connectivity index (χ1n) is 8.25. The first-order chi connectivity index (χ1) is 12.0. The molecule has 2 N–H and O–H groups in total. The highest BCUT2D eigenvalue weighted by atomic mass is 16.5. The minimum absolute atomic E-state index is 0.158. The van der Waals surface area contributed by atoms with Crippen LogP contribution in [0.25, 0.3) is 0 Å². The molecule has 0 spiro atoms. The van der Waals surface area contributed by atoms with Crippen LogP contribution in [0, 0.1) is 0 Å². The predicted octanol–water partition coefficient (Wildman–Crippen LogP) is 2.00. The van der Waals surface area contributed by atoms with Gasteiger partial charge in [-0.15, -0.1) is 0 Å². The van der Waals surface area contributed by atoms with Gasteiger partial charge in [0, 0.05) is 5.56 Å². The van der Waals surface area contributed by atoms with Crippen LogP contribution in [0.5, 0.6) is 5.75 Å². The molecule has 1 amide bonds. The molecule has 130 valence electrons. The monoisotopic (exact) mass is 339 g/mol. The van der Waals surface area contributed by atoms with Crippen molar-refractivity contribution in [2.45, 2.75) is 24.9 Å². The topological polar surface area (TPSA) is 75.6 Å². The molecule has 25 heavy (non-hydrogen) atoms. The van der Waals surface area contributed by atoms with Crippen molar-refractivity contribution in [1.29, 1.82) is 0 Å². The second kappa shape index (κ2) is 7.07. The Labute approximate surface area is 146 Å². The summed E-state index contributed by atoms with van der Waals surface area (Å²) in [6, 6.07) is 12.5. The molecule has 0 aliphatic heterocycles. The van der Waals surface area contributed by atoms with Crippen molar-refractivity contribution >= 4 is 12.2 Å². The highest BCUT2D eigenvalue weighted by molar-refractivity contribution is 5.79. The molecule has 2 aromatic carbocycles. The van der Waals surface area contributed by atoms with Crippen molar-refractivity contribution in [3.63, 3.8) is 0 Å². The van der Waals surface area contributed by atoms with Crippen LogP contribution in [0.4, 0.5) is 0 Å². The quantitative estimate of drug-likeness (QED) is 0.790. The first kappa shape index (κ1) is 17.2. The van der Waals surface area contributed by atoms with Crippen molar-refractivity contribution < 1.29 is 19.4 Å². The van der Waals surface area contributed by atoms with E-state index in [1.54, 1.807) is 31.4 Å². The Morgan fingerprint density at radius 1 is 1.28 bits per heavy atom. The van der Waals surface area contributed by atoms with E-state index in [4.69, 9.17) is 4.74 Å². The van der Waals surface area contributed by atoms with Gasteiger partial charge in [-0.1, -0.05) is 30.3 Å². The molecule has 0 heterocycles. The van der Waals surface area contributed by atoms with Crippen molar-refractivity contribution in [1.82, 2.24) is 5.32 Å². The molecule has 0 saturated carbocycles. The zero-order valence-corrected chi connectivity index (χ0v) is 14.1. The molecule has 1 atom stereocenters. The average molecular weight is 339 g/mol. The van der Waals surface area contributed by atoms with E-state index < -0.39 is 5.60 Å². The first-order valence-corrected chi connectivity index (χ1v) is 8.25. The average Bonchev–Trinajstić information content (AvgIpc) is 2.97. The van der Waals surface area contributed by atoms with Crippen LogP contribution < -0.4 is 10.1 Å². The molecular weight excluding hydrogens is 318 g/mol. The van der Waals surface area contributed by atoms with Gasteiger partial charge in [0.15, 0.2) is 0 Å². The van der Waals surface area contributed by atoms with Crippen LogP contribution in [0.2, 0.25) is 0 Å². The fourth-order valence-electron chi connectivity index (χ4n) is 3.22. The van der Waals surface area contributed by atoms with E-state index in [2.05, 4.69) is 5.32 Å². The molecule has 1 unspecified atom stereocenters. The number of fused-ring (bicyclic) bond motifs is 1. The summed E-state index contributed by atoms with van der Waals surface area (Å²) in [6.45, 7) is 0.178. The number of hydrogen-bond acceptors (Lipinski definition) is 4. The molecule has 0 aromatic heterocycles. The smallest absolute Gasteiger partial charge is 0.224 e. The van der Waals surface area contributed by atoms with Crippen molar-refractivity contribution in [3.8, 4) is 5.75 Å². The number of carbonyl (C=O) groups is 2. The predicted molar refractivity (Wildman–Crippen MR) is 93.8 cm³/mol. The molecular formula is C20H21NO4. The lowest BCUT2D eigenvalue weighted by molar-refractivity contribution is -0.121. The Bertz CT molecular complexity index is 785. The second-order valence-corrected chi connectivity index (χ2v) is 6.37. The molecule has 3 rings (SSSR count). The van der Waals surface area contributed by atoms with Gasteiger partial charge in [-0.3, -0.25) is 9.59 Å². The molecule has 0 saturated heterocycles. The van der Waals surface area contributed by atoms with Gasteiger partial charge in [-0.25, -0.2) is 0 Å². The van der Waals surface area contributed by atoms with E-state index in [0.717, 1.165) is 35.1 Å². The van der Waals surface area contributed by atoms with Crippen molar-refractivity contribution in [3.05, 3.63) is 64.7 Å². The number of carbonyl (C=O) groups excluding carboxylic acids is 2. The number of hydrogen-bond donors (Lipinski definition) is 2. The maximum atomic E-state index is 12.2. The van der Waals surface area contributed by atoms with Gasteiger partial charge < -0.3 is 15.2 Å². The number of amides is 1. The highest BCUT2D eigenvalue weighted by Gasteiger charge is 2.37. The highest BCUT2D eigenvalue weighted by Crippen LogP contribution is 2.38. The lowest BCUT2D eigenvalue weighted by Gasteiger charge is -2.24. The van der Waals surface area contributed by atoms with Crippen LogP contribution >= 0.6 is 0 Å². The van der Waals surface area contributed by atoms with E-state index in [9.17, 15) is 14.7 Å². The number of aliphatic hydroxyl groups is 1. The van der Waals surface area contributed by atoms with Crippen LogP contribution in [0.15, 0.2) is 42.5 Å². The molecule has 5 heteroatoms. The third-order valence-corrected chi connectivity index (χ3v) is 4.68. The van der Waals surface area contributed by atoms with Gasteiger partial charge in [0.1, 0.15) is 17.6 Å². The van der Waals surface area contributed by atoms with Crippen molar-refractivity contribution in [2.75, 3.05) is 13.7 Å². The van der Waals surface area contributed by atoms with E-state index in [1.165, 1.54) is 0 Å². The van der Waals surface area contributed by atoms with Crippen LogP contribution in [-0.2, 0) is 23.2 Å². The summed E-state index contributed by atoms with van der Waals surface area (Å²) in [6.07, 6.45) is 2.31. The molecule has 0 bridgehead atoms. The Morgan fingerprint density at radius 3 is 2.72 bits per heavy atom. The van der Waals surface area contributed by atoms with Crippen LogP contribution in [0.3, 0.4) is 0 Å². The molecule has 2 aromatic rings. The Morgan fingerprint density at radius 2 is 2.04 bits per heavy atom. The van der Waals surface area contributed by atoms with E-state index in [0.29, 0.717) is 12.0 Å². The largest absolute Gasteiger partial charge is 0.497 e. The SMILES string of the molecule is COc1ccc2c(c1)CCC2(O)CNC(=O)Cc1ccc(C=O)cc1. The number of rotatable bonds is 6. The third kappa shape index (κ3) is 3.72. The van der Waals surface area contributed by atoms with Gasteiger partial charge in [0.2, 0.25) is 5.91 Å². The summed E-state index contributed by atoms with van der Waals surface area (Å²) >= 11 is 0. The molecule has 0 radical (unpaired) electrons. The summed E-state index contributed by atoms with van der Waals surface area (Å²) in [5.41, 5.74) is 2.27. The third-order valence-electron chi connectivity index (χ3n) is 4.68. The maximum Gasteiger partial charge on any atom is 0.224 e. The maximum absolute atomic E-state index is 12.2. The normalized spacial score (nSPS) is 18.5. The molecule has 0 fully saturated rings. The fourth-order valence-corrected chi connectivity index (χ4v) is 3.22. The van der Waals surface area contributed by atoms with Crippen LogP contribution in [0.1, 0.15) is 33.5 Å². The molecule has 5 nitrogen and oxygen atoms in total. The van der Waals surface area contributed by atoms with Gasteiger partial charge in [0.05, 0.1) is 20.1 Å². The lowest BCUT2D eigenvalue weighted by atomic mass is 9.95. The minimum Gasteiger partial charge on any atom is -0.497 e. The zero-order valence-electron chi connectivity index (χ0n) is 14.1. The Hall–Kier alpha value is -2.66. The van der Waals surface area contributed by atoms with E-state index >= 15 is 0 Å². The van der Waals surface area contributed by atoms with Crippen LogP contribution in [-0.4, -0.2) is 31.0 Å². The number of benzene rings is 2. The minimum atomic E-state index is -1.04. The van der Waals surface area contributed by atoms with Gasteiger partial charge >= 0.3 is 0 Å². The number of aryl methyl sites for hydroxylation is 1. The number of ether oxygens (including phenoxy) is 1. The number of methoxy groups -OCH3 is 1. The lowest BCUT2D eigenvalue weighted by Crippen LogP contribution is -2.39. The summed E-state index contributed by atoms with van der Waals surface area (Å²) in [4.78, 5) is 22.8. The van der Waals surface area contributed by atoms with Gasteiger partial charge in [0.25, 0.3) is 0 Å². The zero-order chi connectivity index (χ0) is 17.9. The summed E-state index contributed by atoms with van der Waals surface area (Å²) in [5.74, 6) is 0.611.